The Balaban J connectivity index is 2.07. The number of carbonyl (C=O) groups excluding carboxylic acids is 1. The third kappa shape index (κ3) is 4.37. The zero-order chi connectivity index (χ0) is 20.5. The second kappa shape index (κ2) is 7.94. The first-order chi connectivity index (χ1) is 13.2. The molecule has 0 unspecified atom stereocenters. The Labute approximate surface area is 166 Å². The molecule has 1 fully saturated rings. The van der Waals surface area contributed by atoms with Crippen LogP contribution in [0.1, 0.15) is 52.7 Å². The lowest BCUT2D eigenvalue weighted by molar-refractivity contribution is -0.132. The average molecular weight is 386 g/mol. The molecule has 3 rings (SSSR count). The summed E-state index contributed by atoms with van der Waals surface area (Å²) in [5, 5.41) is 0. The van der Waals surface area contributed by atoms with Crippen LogP contribution in [0, 0.1) is 5.92 Å². The summed E-state index contributed by atoms with van der Waals surface area (Å²) in [6.45, 7) is 9.52. The van der Waals surface area contributed by atoms with Crippen molar-refractivity contribution in [2.75, 3.05) is 20.2 Å². The van der Waals surface area contributed by atoms with E-state index < -0.39 is 5.41 Å². The van der Waals surface area contributed by atoms with E-state index in [0.29, 0.717) is 28.4 Å². The molecule has 1 aromatic heterocycles. The maximum Gasteiger partial charge on any atom is 0.273 e. The molecule has 0 aliphatic heterocycles. The van der Waals surface area contributed by atoms with Crippen LogP contribution in [-0.2, 0) is 16.8 Å². The summed E-state index contributed by atoms with van der Waals surface area (Å²) in [4.78, 5) is 32.9. The molecule has 6 nitrogen and oxygen atoms in total. The molecule has 0 radical (unpaired) electrons. The molecule has 1 amide bonds. The standard InChI is InChI=1S/C22H31N3O3/c1-6-11-24(13-15-7-8-15)19(26)14-25-18-12-16(28-5)9-10-17(18)23-20(21(25)27)22(2,3)4/h9-10,12,15H,6-8,11,13-14H2,1-5H3. The second-order valence-electron chi connectivity index (χ2n) is 8.74. The van der Waals surface area contributed by atoms with Crippen molar-refractivity contribution in [3.63, 3.8) is 0 Å². The minimum atomic E-state index is -0.410. The van der Waals surface area contributed by atoms with Gasteiger partial charge in [-0.15, -0.1) is 0 Å². The Morgan fingerprint density at radius 1 is 1.32 bits per heavy atom. The maximum absolute atomic E-state index is 13.3. The SMILES string of the molecule is CCCN(CC1CC1)C(=O)Cn1c(=O)c(C(C)(C)C)nc2ccc(OC)cc21. The molecule has 0 atom stereocenters. The predicted molar refractivity (Wildman–Crippen MR) is 111 cm³/mol. The molecule has 1 saturated carbocycles. The van der Waals surface area contributed by atoms with E-state index in [1.165, 1.54) is 12.8 Å². The molecule has 1 aliphatic carbocycles. The van der Waals surface area contributed by atoms with Gasteiger partial charge in [0.15, 0.2) is 0 Å². The first-order valence-corrected chi connectivity index (χ1v) is 10.1. The number of amides is 1. The molecule has 0 N–H and O–H groups in total. The van der Waals surface area contributed by atoms with Crippen LogP contribution in [0.5, 0.6) is 5.75 Å². The lowest BCUT2D eigenvalue weighted by atomic mass is 9.92. The van der Waals surface area contributed by atoms with Gasteiger partial charge in [0.05, 0.1) is 18.1 Å². The number of nitrogens with zero attached hydrogens (tertiary/aromatic N) is 3. The Morgan fingerprint density at radius 2 is 2.04 bits per heavy atom. The molecule has 2 aromatic rings. The first-order valence-electron chi connectivity index (χ1n) is 10.1. The number of rotatable bonds is 7. The van der Waals surface area contributed by atoms with Crippen molar-refractivity contribution in [1.29, 1.82) is 0 Å². The van der Waals surface area contributed by atoms with E-state index in [2.05, 4.69) is 11.9 Å². The monoisotopic (exact) mass is 385 g/mol. The first kappa shape index (κ1) is 20.4. The van der Waals surface area contributed by atoms with E-state index in [1.807, 2.05) is 37.8 Å². The molecular formula is C22H31N3O3. The number of methoxy groups -OCH3 is 1. The minimum absolute atomic E-state index is 0.00831. The Hall–Kier alpha value is -2.37. The van der Waals surface area contributed by atoms with Crippen molar-refractivity contribution in [2.45, 2.75) is 58.9 Å². The maximum atomic E-state index is 13.3. The highest BCUT2D eigenvalue weighted by Crippen LogP contribution is 2.30. The summed E-state index contributed by atoms with van der Waals surface area (Å²) in [5.41, 5.74) is 1.19. The highest BCUT2D eigenvalue weighted by Gasteiger charge is 2.28. The summed E-state index contributed by atoms with van der Waals surface area (Å²) < 4.78 is 6.90. The summed E-state index contributed by atoms with van der Waals surface area (Å²) in [6, 6.07) is 5.46. The largest absolute Gasteiger partial charge is 0.497 e. The third-order valence-electron chi connectivity index (χ3n) is 5.18. The molecule has 1 heterocycles. The van der Waals surface area contributed by atoms with Crippen molar-refractivity contribution in [3.05, 3.63) is 34.2 Å². The zero-order valence-corrected chi connectivity index (χ0v) is 17.6. The second-order valence-corrected chi connectivity index (χ2v) is 8.74. The molecule has 1 aliphatic rings. The molecule has 28 heavy (non-hydrogen) atoms. The molecule has 1 aromatic carbocycles. The van der Waals surface area contributed by atoms with Gasteiger partial charge in [0.25, 0.3) is 5.56 Å². The fourth-order valence-corrected chi connectivity index (χ4v) is 3.43. The van der Waals surface area contributed by atoms with Crippen LogP contribution in [0.25, 0.3) is 11.0 Å². The van der Waals surface area contributed by atoms with Crippen molar-refractivity contribution in [2.24, 2.45) is 5.92 Å². The fraction of sp³-hybridized carbons (Fsp3) is 0.591. The lowest BCUT2D eigenvalue weighted by Gasteiger charge is -2.24. The Bertz CT molecular complexity index is 923. The lowest BCUT2D eigenvalue weighted by Crippen LogP contribution is -2.40. The number of aromatic nitrogens is 2. The van der Waals surface area contributed by atoms with Gasteiger partial charge in [0, 0.05) is 24.6 Å². The Morgan fingerprint density at radius 3 is 2.61 bits per heavy atom. The Kier molecular flexibility index (Phi) is 5.77. The normalized spacial score (nSPS) is 14.3. The van der Waals surface area contributed by atoms with Crippen molar-refractivity contribution < 1.29 is 9.53 Å². The van der Waals surface area contributed by atoms with Crippen LogP contribution in [0.15, 0.2) is 23.0 Å². The van der Waals surface area contributed by atoms with Gasteiger partial charge in [0.2, 0.25) is 5.91 Å². The van der Waals surface area contributed by atoms with Crippen molar-refractivity contribution >= 4 is 16.9 Å². The highest BCUT2D eigenvalue weighted by atomic mass is 16.5. The van der Waals surface area contributed by atoms with Crippen LogP contribution in [0.4, 0.5) is 0 Å². The van der Waals surface area contributed by atoms with Gasteiger partial charge in [-0.05, 0) is 37.3 Å². The number of fused-ring (bicyclic) bond motifs is 1. The molecule has 152 valence electrons. The van der Waals surface area contributed by atoms with Crippen LogP contribution in [0.2, 0.25) is 0 Å². The number of hydrogen-bond acceptors (Lipinski definition) is 4. The predicted octanol–water partition coefficient (Wildman–Crippen LogP) is 3.35. The van der Waals surface area contributed by atoms with E-state index in [4.69, 9.17) is 4.74 Å². The van der Waals surface area contributed by atoms with E-state index in [1.54, 1.807) is 17.7 Å². The number of benzene rings is 1. The van der Waals surface area contributed by atoms with Gasteiger partial charge >= 0.3 is 0 Å². The fourth-order valence-electron chi connectivity index (χ4n) is 3.43. The average Bonchev–Trinajstić information content (AvgIpc) is 3.46. The number of hydrogen-bond donors (Lipinski definition) is 0. The van der Waals surface area contributed by atoms with Gasteiger partial charge in [-0.2, -0.15) is 0 Å². The van der Waals surface area contributed by atoms with Gasteiger partial charge in [-0.1, -0.05) is 27.7 Å². The summed E-state index contributed by atoms with van der Waals surface area (Å²) in [6.07, 6.45) is 3.29. The van der Waals surface area contributed by atoms with Crippen molar-refractivity contribution in [3.8, 4) is 5.75 Å². The van der Waals surface area contributed by atoms with E-state index in [0.717, 1.165) is 19.5 Å². The van der Waals surface area contributed by atoms with Gasteiger partial charge < -0.3 is 9.64 Å². The minimum Gasteiger partial charge on any atom is -0.497 e. The summed E-state index contributed by atoms with van der Waals surface area (Å²) in [7, 11) is 1.59. The molecule has 0 bridgehead atoms. The number of ether oxygens (including phenoxy) is 1. The highest BCUT2D eigenvalue weighted by molar-refractivity contribution is 5.81. The van der Waals surface area contributed by atoms with Gasteiger partial charge in [-0.3, -0.25) is 14.2 Å². The quantitative estimate of drug-likeness (QED) is 0.733. The van der Waals surface area contributed by atoms with E-state index in [-0.39, 0.29) is 18.0 Å². The molecule has 6 heteroatoms. The van der Waals surface area contributed by atoms with Crippen molar-refractivity contribution in [1.82, 2.24) is 14.5 Å². The van der Waals surface area contributed by atoms with E-state index >= 15 is 0 Å². The molecular weight excluding hydrogens is 354 g/mol. The van der Waals surface area contributed by atoms with Crippen LogP contribution in [-0.4, -0.2) is 40.6 Å². The van der Waals surface area contributed by atoms with Crippen LogP contribution in [0.3, 0.4) is 0 Å². The topological polar surface area (TPSA) is 64.4 Å². The number of carbonyl (C=O) groups is 1. The smallest absolute Gasteiger partial charge is 0.273 e. The van der Waals surface area contributed by atoms with Gasteiger partial charge in [-0.25, -0.2) is 4.98 Å². The molecule has 0 spiro atoms. The van der Waals surface area contributed by atoms with Crippen LogP contribution >= 0.6 is 0 Å². The van der Waals surface area contributed by atoms with E-state index in [9.17, 15) is 9.59 Å². The zero-order valence-electron chi connectivity index (χ0n) is 17.6. The molecule has 0 saturated heterocycles. The summed E-state index contributed by atoms with van der Waals surface area (Å²) in [5.74, 6) is 1.25. The third-order valence-corrected chi connectivity index (χ3v) is 5.18. The van der Waals surface area contributed by atoms with Crippen LogP contribution < -0.4 is 10.3 Å². The summed E-state index contributed by atoms with van der Waals surface area (Å²) >= 11 is 0. The van der Waals surface area contributed by atoms with Gasteiger partial charge in [0.1, 0.15) is 18.0 Å².